The number of fused-ring (bicyclic) bond motifs is 1. The van der Waals surface area contributed by atoms with Crippen LogP contribution >= 0.6 is 11.6 Å². The van der Waals surface area contributed by atoms with E-state index in [-0.39, 0.29) is 23.6 Å². The summed E-state index contributed by atoms with van der Waals surface area (Å²) in [5, 5.41) is 10.3. The van der Waals surface area contributed by atoms with Crippen LogP contribution in [0.4, 0.5) is 0 Å². The first-order valence-electron chi connectivity index (χ1n) is 9.48. The largest absolute Gasteiger partial charge is 0.453 e. The lowest BCUT2D eigenvalue weighted by molar-refractivity contribution is -0.139. The van der Waals surface area contributed by atoms with E-state index in [0.717, 1.165) is 29.9 Å². The molecule has 0 amide bonds. The molecule has 0 aliphatic carbocycles. The number of ether oxygens (including phenoxy) is 1. The first-order valence-corrected chi connectivity index (χ1v) is 9.86. The van der Waals surface area contributed by atoms with Crippen molar-refractivity contribution in [1.29, 1.82) is 5.26 Å². The molecule has 0 fully saturated rings. The van der Waals surface area contributed by atoms with E-state index in [2.05, 4.69) is 21.5 Å². The van der Waals surface area contributed by atoms with Gasteiger partial charge in [0.15, 0.2) is 0 Å². The van der Waals surface area contributed by atoms with Crippen molar-refractivity contribution in [3.05, 3.63) is 68.0 Å². The van der Waals surface area contributed by atoms with Gasteiger partial charge in [0.25, 0.3) is 5.56 Å². The molecule has 0 saturated heterocycles. The molecule has 0 unspecified atom stereocenters. The maximum Gasteiger partial charge on any atom is 0.349 e. The van der Waals surface area contributed by atoms with Gasteiger partial charge in [0.2, 0.25) is 0 Å². The van der Waals surface area contributed by atoms with Gasteiger partial charge in [-0.2, -0.15) is 5.26 Å². The third-order valence-corrected chi connectivity index (χ3v) is 4.99. The molecule has 3 rings (SSSR count). The van der Waals surface area contributed by atoms with Crippen LogP contribution in [0, 0.1) is 25.2 Å². The summed E-state index contributed by atoms with van der Waals surface area (Å²) in [6, 6.07) is 8.56. The van der Waals surface area contributed by atoms with E-state index < -0.39 is 5.97 Å². The minimum absolute atomic E-state index is 0.127. The zero-order valence-electron chi connectivity index (χ0n) is 17.0. The summed E-state index contributed by atoms with van der Waals surface area (Å²) in [4.78, 5) is 31.4. The van der Waals surface area contributed by atoms with Gasteiger partial charge in [0, 0.05) is 23.0 Å². The van der Waals surface area contributed by atoms with Gasteiger partial charge in [-0.15, -0.1) is 0 Å². The van der Waals surface area contributed by atoms with Crippen molar-refractivity contribution in [2.45, 2.75) is 40.3 Å². The van der Waals surface area contributed by atoms with Gasteiger partial charge in [0.05, 0.1) is 10.9 Å². The number of aryl methyl sites for hydroxylation is 1. The summed E-state index contributed by atoms with van der Waals surface area (Å²) in [7, 11) is 0. The Hall–Kier alpha value is -3.37. The molecule has 0 atom stereocenters. The molecule has 30 heavy (non-hydrogen) atoms. The highest BCUT2D eigenvalue weighted by molar-refractivity contribution is 6.31. The summed E-state index contributed by atoms with van der Waals surface area (Å²) < 4.78 is 7.35. The molecule has 2 aromatic heterocycles. The van der Waals surface area contributed by atoms with Gasteiger partial charge in [0.1, 0.15) is 24.1 Å². The Morgan fingerprint density at radius 2 is 2.13 bits per heavy atom. The predicted molar refractivity (Wildman–Crippen MR) is 115 cm³/mol. The molecule has 7 nitrogen and oxygen atoms in total. The molecule has 8 heteroatoms. The average Bonchev–Trinajstić information content (AvgIpc) is 2.97. The smallest absolute Gasteiger partial charge is 0.349 e. The van der Waals surface area contributed by atoms with Crippen molar-refractivity contribution in [3.8, 4) is 6.07 Å². The summed E-state index contributed by atoms with van der Waals surface area (Å²) in [5.41, 5.74) is 2.74. The van der Waals surface area contributed by atoms with Gasteiger partial charge in [-0.3, -0.25) is 4.79 Å². The summed E-state index contributed by atoms with van der Waals surface area (Å²) in [6.45, 7) is 6.61. The van der Waals surface area contributed by atoms with E-state index >= 15 is 0 Å². The number of hydrogen-bond acceptors (Lipinski definition) is 5. The first-order chi connectivity index (χ1) is 14.3. The molecule has 0 spiro atoms. The van der Waals surface area contributed by atoms with E-state index in [1.165, 1.54) is 6.08 Å². The maximum absolute atomic E-state index is 12.4. The van der Waals surface area contributed by atoms with Gasteiger partial charge in [-0.25, -0.2) is 9.78 Å². The molecule has 0 radical (unpaired) electrons. The lowest BCUT2D eigenvalue weighted by Gasteiger charge is -2.07. The first kappa shape index (κ1) is 21.3. The lowest BCUT2D eigenvalue weighted by Crippen LogP contribution is -2.15. The number of halogens is 1. The van der Waals surface area contributed by atoms with Crippen molar-refractivity contribution < 1.29 is 9.53 Å². The second kappa shape index (κ2) is 8.97. The topological polar surface area (TPSA) is 101 Å². The zero-order valence-corrected chi connectivity index (χ0v) is 17.7. The van der Waals surface area contributed by atoms with Gasteiger partial charge in [-0.1, -0.05) is 18.5 Å². The number of aromatic amines is 1. The third kappa shape index (κ3) is 4.44. The normalized spacial score (nSPS) is 11.5. The molecule has 3 aromatic rings. The summed E-state index contributed by atoms with van der Waals surface area (Å²) in [5.74, 6) is -0.617. The van der Waals surface area contributed by atoms with Gasteiger partial charge >= 0.3 is 5.97 Å². The Labute approximate surface area is 178 Å². The van der Waals surface area contributed by atoms with Crippen LogP contribution in [-0.2, 0) is 22.7 Å². The number of carbonyl (C=O) groups excluding carboxylic acids is 1. The van der Waals surface area contributed by atoms with E-state index in [1.807, 2.05) is 26.0 Å². The summed E-state index contributed by atoms with van der Waals surface area (Å²) >= 11 is 5.95. The molecule has 1 aromatic carbocycles. The fraction of sp³-hybridized carbons (Fsp3) is 0.273. The molecular weight excluding hydrogens is 404 g/mol. The quantitative estimate of drug-likeness (QED) is 0.365. The van der Waals surface area contributed by atoms with E-state index in [0.29, 0.717) is 15.9 Å². The van der Waals surface area contributed by atoms with E-state index in [1.54, 1.807) is 18.2 Å². The Balaban J connectivity index is 1.80. The monoisotopic (exact) mass is 424 g/mol. The minimum Gasteiger partial charge on any atom is -0.453 e. The zero-order chi connectivity index (χ0) is 21.8. The van der Waals surface area contributed by atoms with Crippen molar-refractivity contribution in [2.24, 2.45) is 0 Å². The van der Waals surface area contributed by atoms with Gasteiger partial charge in [-0.05, 0) is 56.2 Å². The fourth-order valence-electron chi connectivity index (χ4n) is 3.27. The van der Waals surface area contributed by atoms with Crippen LogP contribution in [-0.4, -0.2) is 20.5 Å². The number of nitrogens with one attached hydrogen (secondary N) is 1. The van der Waals surface area contributed by atoms with Crippen LogP contribution in [0.5, 0.6) is 0 Å². The van der Waals surface area contributed by atoms with Crippen molar-refractivity contribution >= 4 is 34.5 Å². The van der Waals surface area contributed by atoms with Gasteiger partial charge < -0.3 is 14.3 Å². The molecule has 0 bridgehead atoms. The van der Waals surface area contributed by atoms with Crippen LogP contribution in [0.15, 0.2) is 34.6 Å². The molecular formula is C22H21ClN4O3. The SMILES string of the molecule is CCCn1c(C)cc(/C=C(\C#N)C(=O)OCc2nc3cc(Cl)ccc3c(=O)[nH]2)c1C. The molecule has 0 aliphatic heterocycles. The number of hydrogen-bond donors (Lipinski definition) is 1. The Bertz CT molecular complexity index is 1250. The maximum atomic E-state index is 12.4. The van der Waals surface area contributed by atoms with E-state index in [4.69, 9.17) is 16.3 Å². The number of nitrogens with zero attached hydrogens (tertiary/aromatic N) is 3. The number of esters is 1. The van der Waals surface area contributed by atoms with Crippen molar-refractivity contribution in [2.75, 3.05) is 0 Å². The van der Waals surface area contributed by atoms with Crippen LogP contribution in [0.2, 0.25) is 5.02 Å². The predicted octanol–water partition coefficient (Wildman–Crippen LogP) is 4.06. The number of nitriles is 1. The third-order valence-electron chi connectivity index (χ3n) is 4.76. The Morgan fingerprint density at radius 1 is 1.37 bits per heavy atom. The second-order valence-electron chi connectivity index (χ2n) is 6.90. The van der Waals surface area contributed by atoms with Crippen LogP contribution < -0.4 is 5.56 Å². The number of aromatic nitrogens is 3. The van der Waals surface area contributed by atoms with Crippen molar-refractivity contribution in [3.63, 3.8) is 0 Å². The number of rotatable bonds is 6. The molecule has 0 saturated carbocycles. The van der Waals surface area contributed by atoms with E-state index in [9.17, 15) is 14.9 Å². The number of benzene rings is 1. The molecule has 2 heterocycles. The highest BCUT2D eigenvalue weighted by atomic mass is 35.5. The fourth-order valence-corrected chi connectivity index (χ4v) is 3.44. The van der Waals surface area contributed by atoms with Crippen LogP contribution in [0.25, 0.3) is 17.0 Å². The Morgan fingerprint density at radius 3 is 2.83 bits per heavy atom. The molecule has 1 N–H and O–H groups in total. The van der Waals surface area contributed by atoms with Crippen LogP contribution in [0.1, 0.15) is 36.1 Å². The Kier molecular flexibility index (Phi) is 6.38. The lowest BCUT2D eigenvalue weighted by atomic mass is 10.1. The molecule has 0 aliphatic rings. The molecule has 154 valence electrons. The minimum atomic E-state index is -0.786. The van der Waals surface area contributed by atoms with Crippen LogP contribution in [0.3, 0.4) is 0 Å². The second-order valence-corrected chi connectivity index (χ2v) is 7.33. The highest BCUT2D eigenvalue weighted by Gasteiger charge is 2.15. The average molecular weight is 425 g/mol. The number of carbonyl (C=O) groups is 1. The van der Waals surface area contributed by atoms with Crippen molar-refractivity contribution in [1.82, 2.24) is 14.5 Å². The number of H-pyrrole nitrogens is 1. The summed E-state index contributed by atoms with van der Waals surface area (Å²) in [6.07, 6.45) is 2.50. The standard InChI is InChI=1S/C22H21ClN4O3/c1-4-7-27-13(2)8-15(14(27)3)9-16(11-24)22(29)30-12-20-25-19-10-17(23)5-6-18(19)21(28)26-20/h5-6,8-10H,4,7,12H2,1-3H3,(H,25,26,28)/b16-9+. The highest BCUT2D eigenvalue weighted by Crippen LogP contribution is 2.19.